The minimum Gasteiger partial charge on any atom is -0.207 e. The summed E-state index contributed by atoms with van der Waals surface area (Å²) in [5.41, 5.74) is 1.12. The zero-order chi connectivity index (χ0) is 9.42. The minimum atomic E-state index is -0.224. The summed E-state index contributed by atoms with van der Waals surface area (Å²) in [6, 6.07) is 3.00. The Morgan fingerprint density at radius 3 is 2.92 bits per heavy atom. The maximum absolute atomic E-state index is 13.0. The van der Waals surface area contributed by atoms with Crippen molar-refractivity contribution >= 4 is 50.0 Å². The molecule has 13 heavy (non-hydrogen) atoms. The number of halogens is 2. The summed E-state index contributed by atoms with van der Waals surface area (Å²) in [6.45, 7) is 0. The summed E-state index contributed by atoms with van der Waals surface area (Å²) in [7, 11) is 0. The monoisotopic (exact) mass is 276 g/mol. The number of hydrogen-bond donors (Lipinski definition) is 1. The quantitative estimate of drug-likeness (QED) is 0.585. The number of thiophene rings is 1. The molecular weight excluding hydrogens is 271 g/mol. The third kappa shape index (κ3) is 1.63. The van der Waals surface area contributed by atoms with E-state index >= 15 is 0 Å². The van der Waals surface area contributed by atoms with Gasteiger partial charge in [0.15, 0.2) is 0 Å². The van der Waals surface area contributed by atoms with Gasteiger partial charge in [-0.2, -0.15) is 0 Å². The maximum atomic E-state index is 13.0. The Hall–Kier alpha value is -0.0600. The second-order valence-electron chi connectivity index (χ2n) is 2.70. The highest BCUT2D eigenvalue weighted by Crippen LogP contribution is 2.32. The standard InChI is InChI=1S/C9H6BrFS2/c10-3-5-4-13-9-7(5)1-6(11)2-8(9)12/h1-2,4,12H,3H2. The van der Waals surface area contributed by atoms with E-state index < -0.39 is 0 Å². The first-order chi connectivity index (χ1) is 6.22. The third-order valence-electron chi connectivity index (χ3n) is 1.84. The summed E-state index contributed by atoms with van der Waals surface area (Å²) in [5.74, 6) is -0.224. The Kier molecular flexibility index (Phi) is 2.62. The summed E-state index contributed by atoms with van der Waals surface area (Å²) < 4.78 is 14.1. The first kappa shape index (κ1) is 9.49. The molecule has 0 aliphatic carbocycles. The van der Waals surface area contributed by atoms with Crippen LogP contribution in [0.25, 0.3) is 10.1 Å². The Balaban J connectivity index is 2.82. The zero-order valence-electron chi connectivity index (χ0n) is 6.55. The van der Waals surface area contributed by atoms with Crippen LogP contribution in [0.2, 0.25) is 0 Å². The molecule has 2 aromatic rings. The Morgan fingerprint density at radius 2 is 2.23 bits per heavy atom. The Bertz CT molecular complexity index is 450. The molecule has 4 heteroatoms. The molecule has 2 rings (SSSR count). The molecule has 68 valence electrons. The van der Waals surface area contributed by atoms with Crippen LogP contribution >= 0.6 is 39.9 Å². The van der Waals surface area contributed by atoms with Crippen molar-refractivity contribution in [3.8, 4) is 0 Å². The molecule has 1 aromatic carbocycles. The zero-order valence-corrected chi connectivity index (χ0v) is 9.85. The maximum Gasteiger partial charge on any atom is 0.125 e. The van der Waals surface area contributed by atoms with Crippen LogP contribution < -0.4 is 0 Å². The molecule has 0 spiro atoms. The molecule has 0 atom stereocenters. The molecule has 0 N–H and O–H groups in total. The fourth-order valence-electron chi connectivity index (χ4n) is 1.24. The summed E-state index contributed by atoms with van der Waals surface area (Å²) in [5, 5.41) is 3.74. The Labute approximate surface area is 93.3 Å². The van der Waals surface area contributed by atoms with Gasteiger partial charge >= 0.3 is 0 Å². The van der Waals surface area contributed by atoms with Gasteiger partial charge in [0.2, 0.25) is 0 Å². The van der Waals surface area contributed by atoms with Crippen LogP contribution in [-0.2, 0) is 5.33 Å². The van der Waals surface area contributed by atoms with Gasteiger partial charge in [-0.25, -0.2) is 4.39 Å². The molecule has 1 aromatic heterocycles. The van der Waals surface area contributed by atoms with E-state index in [0.717, 1.165) is 21.0 Å². The van der Waals surface area contributed by atoms with E-state index in [1.54, 1.807) is 17.4 Å². The van der Waals surface area contributed by atoms with E-state index in [9.17, 15) is 4.39 Å². The first-order valence-corrected chi connectivity index (χ1v) is 6.11. The van der Waals surface area contributed by atoms with Crippen LogP contribution in [0.3, 0.4) is 0 Å². The fraction of sp³-hybridized carbons (Fsp3) is 0.111. The van der Waals surface area contributed by atoms with E-state index in [4.69, 9.17) is 0 Å². The van der Waals surface area contributed by atoms with Gasteiger partial charge in [0.05, 0.1) is 0 Å². The normalized spacial score (nSPS) is 11.0. The van der Waals surface area contributed by atoms with Gasteiger partial charge in [0.25, 0.3) is 0 Å². The molecule has 0 bridgehead atoms. The minimum absolute atomic E-state index is 0.224. The molecule has 0 saturated carbocycles. The van der Waals surface area contributed by atoms with Gasteiger partial charge in [-0.05, 0) is 23.1 Å². The lowest BCUT2D eigenvalue weighted by molar-refractivity contribution is 0.627. The van der Waals surface area contributed by atoms with E-state index in [-0.39, 0.29) is 5.82 Å². The lowest BCUT2D eigenvalue weighted by Gasteiger charge is -1.97. The highest BCUT2D eigenvalue weighted by Gasteiger charge is 2.07. The average molecular weight is 277 g/mol. The molecule has 0 fully saturated rings. The smallest absolute Gasteiger partial charge is 0.125 e. The second kappa shape index (κ2) is 3.59. The largest absolute Gasteiger partial charge is 0.207 e. The highest BCUT2D eigenvalue weighted by atomic mass is 79.9. The predicted octanol–water partition coefficient (Wildman–Crippen LogP) is 4.22. The van der Waals surface area contributed by atoms with Gasteiger partial charge in [-0.15, -0.1) is 24.0 Å². The van der Waals surface area contributed by atoms with Crippen LogP contribution in [0.15, 0.2) is 22.4 Å². The topological polar surface area (TPSA) is 0 Å². The molecule has 0 unspecified atom stereocenters. The lowest BCUT2D eigenvalue weighted by atomic mass is 10.2. The SMILES string of the molecule is Fc1cc(S)c2scc(CBr)c2c1. The number of rotatable bonds is 1. The van der Waals surface area contributed by atoms with Crippen LogP contribution in [0.1, 0.15) is 5.56 Å². The van der Waals surface area contributed by atoms with Crippen molar-refractivity contribution < 1.29 is 4.39 Å². The van der Waals surface area contributed by atoms with Crippen molar-refractivity contribution in [3.63, 3.8) is 0 Å². The number of fused-ring (bicyclic) bond motifs is 1. The van der Waals surface area contributed by atoms with Crippen molar-refractivity contribution in [1.82, 2.24) is 0 Å². The van der Waals surface area contributed by atoms with Crippen molar-refractivity contribution in [2.24, 2.45) is 0 Å². The molecule has 0 aliphatic heterocycles. The first-order valence-electron chi connectivity index (χ1n) is 3.67. The number of alkyl halides is 1. The summed E-state index contributed by atoms with van der Waals surface area (Å²) >= 11 is 9.19. The van der Waals surface area contributed by atoms with Gasteiger partial charge in [0.1, 0.15) is 5.82 Å². The fourth-order valence-corrected chi connectivity index (χ4v) is 3.29. The van der Waals surface area contributed by atoms with Gasteiger partial charge < -0.3 is 0 Å². The lowest BCUT2D eigenvalue weighted by Crippen LogP contribution is -1.77. The van der Waals surface area contributed by atoms with Crippen LogP contribution in [0.5, 0.6) is 0 Å². The highest BCUT2D eigenvalue weighted by molar-refractivity contribution is 9.08. The number of thiol groups is 1. The van der Waals surface area contributed by atoms with Crippen LogP contribution in [0.4, 0.5) is 4.39 Å². The third-order valence-corrected chi connectivity index (χ3v) is 4.03. The van der Waals surface area contributed by atoms with E-state index in [1.807, 2.05) is 5.38 Å². The molecule has 0 radical (unpaired) electrons. The van der Waals surface area contributed by atoms with Crippen molar-refractivity contribution in [2.45, 2.75) is 10.2 Å². The van der Waals surface area contributed by atoms with Crippen LogP contribution in [-0.4, -0.2) is 0 Å². The van der Waals surface area contributed by atoms with Crippen molar-refractivity contribution in [1.29, 1.82) is 0 Å². The summed E-state index contributed by atoms with van der Waals surface area (Å²) in [4.78, 5) is 0.715. The average Bonchev–Trinajstić information content (AvgIpc) is 2.47. The van der Waals surface area contributed by atoms with Crippen molar-refractivity contribution in [3.05, 3.63) is 28.9 Å². The Morgan fingerprint density at radius 1 is 1.46 bits per heavy atom. The van der Waals surface area contributed by atoms with Gasteiger partial charge in [0, 0.05) is 20.3 Å². The predicted molar refractivity (Wildman–Crippen MR) is 61.7 cm³/mol. The van der Waals surface area contributed by atoms with Crippen LogP contribution in [0, 0.1) is 5.82 Å². The van der Waals surface area contributed by atoms with E-state index in [1.165, 1.54) is 6.07 Å². The van der Waals surface area contributed by atoms with E-state index in [0.29, 0.717) is 4.90 Å². The van der Waals surface area contributed by atoms with Gasteiger partial charge in [-0.1, -0.05) is 15.9 Å². The summed E-state index contributed by atoms with van der Waals surface area (Å²) in [6.07, 6.45) is 0. The number of benzene rings is 1. The second-order valence-corrected chi connectivity index (χ2v) is 4.62. The molecule has 0 aliphatic rings. The van der Waals surface area contributed by atoms with Gasteiger partial charge in [-0.3, -0.25) is 0 Å². The molecular formula is C9H6BrFS2. The molecule has 0 amide bonds. The van der Waals surface area contributed by atoms with E-state index in [2.05, 4.69) is 28.6 Å². The molecule has 1 heterocycles. The van der Waals surface area contributed by atoms with Crippen molar-refractivity contribution in [2.75, 3.05) is 0 Å². The molecule has 0 saturated heterocycles. The molecule has 0 nitrogen and oxygen atoms in total. The number of hydrogen-bond acceptors (Lipinski definition) is 2.